The van der Waals surface area contributed by atoms with Gasteiger partial charge in [-0.2, -0.15) is 0 Å². The lowest BCUT2D eigenvalue weighted by Crippen LogP contribution is -2.54. The zero-order chi connectivity index (χ0) is 13.2. The predicted molar refractivity (Wildman–Crippen MR) is 70.7 cm³/mol. The summed E-state index contributed by atoms with van der Waals surface area (Å²) in [6.07, 6.45) is 5.82. The Morgan fingerprint density at radius 1 is 1.58 bits per heavy atom. The Hall–Kier alpha value is -1.36. The highest BCUT2D eigenvalue weighted by Crippen LogP contribution is 2.33. The van der Waals surface area contributed by atoms with E-state index in [2.05, 4.69) is 9.97 Å². The van der Waals surface area contributed by atoms with Crippen LogP contribution in [0.15, 0.2) is 6.33 Å². The molecule has 5 heteroatoms. The highest BCUT2D eigenvalue weighted by Gasteiger charge is 2.36. The lowest BCUT2D eigenvalue weighted by atomic mass is 9.79. The predicted octanol–water partition coefficient (Wildman–Crippen LogP) is 1.29. The Bertz CT molecular complexity index is 453. The zero-order valence-electron chi connectivity index (χ0n) is 11.4. The molecule has 2 fully saturated rings. The van der Waals surface area contributed by atoms with Gasteiger partial charge in [0.15, 0.2) is 0 Å². The number of morpholine rings is 1. The van der Waals surface area contributed by atoms with Crippen LogP contribution in [0.5, 0.6) is 0 Å². The van der Waals surface area contributed by atoms with Gasteiger partial charge in [-0.15, -0.1) is 0 Å². The number of nitrogens with zero attached hydrogens (tertiary/aromatic N) is 2. The number of carbonyl (C=O) groups is 1. The molecule has 1 N–H and O–H groups in total. The normalized spacial score (nSPS) is 24.3. The number of hydrogen-bond acceptors (Lipinski definition) is 3. The van der Waals surface area contributed by atoms with Crippen molar-refractivity contribution >= 4 is 5.91 Å². The van der Waals surface area contributed by atoms with Crippen molar-refractivity contribution in [2.24, 2.45) is 5.92 Å². The molecule has 0 aromatic carbocycles. The van der Waals surface area contributed by atoms with Crippen LogP contribution in [0.3, 0.4) is 0 Å². The minimum Gasteiger partial charge on any atom is -0.377 e. The molecule has 0 spiro atoms. The van der Waals surface area contributed by atoms with Gasteiger partial charge in [-0.05, 0) is 25.7 Å². The number of H-pyrrole nitrogens is 1. The molecule has 1 aromatic rings. The number of hydrogen-bond donors (Lipinski definition) is 1. The Labute approximate surface area is 113 Å². The number of aromatic amines is 1. The van der Waals surface area contributed by atoms with Gasteiger partial charge in [-0.3, -0.25) is 4.79 Å². The van der Waals surface area contributed by atoms with E-state index in [0.29, 0.717) is 25.6 Å². The van der Waals surface area contributed by atoms with Crippen LogP contribution >= 0.6 is 0 Å². The van der Waals surface area contributed by atoms with E-state index in [4.69, 9.17) is 4.74 Å². The van der Waals surface area contributed by atoms with Crippen LogP contribution in [0.25, 0.3) is 0 Å². The monoisotopic (exact) mass is 263 g/mol. The van der Waals surface area contributed by atoms with E-state index in [1.165, 1.54) is 19.3 Å². The number of amides is 1. The fourth-order valence-corrected chi connectivity index (χ4v) is 2.96. The minimum absolute atomic E-state index is 0.190. The van der Waals surface area contributed by atoms with Gasteiger partial charge in [0.2, 0.25) is 5.91 Å². The molecule has 1 aliphatic carbocycles. The summed E-state index contributed by atoms with van der Waals surface area (Å²) in [4.78, 5) is 21.8. The van der Waals surface area contributed by atoms with Crippen molar-refractivity contribution in [2.75, 3.05) is 19.8 Å². The molecule has 1 aliphatic heterocycles. The summed E-state index contributed by atoms with van der Waals surface area (Å²) in [6, 6.07) is 0.286. The lowest BCUT2D eigenvalue weighted by Gasteiger charge is -2.43. The van der Waals surface area contributed by atoms with Crippen molar-refractivity contribution in [3.05, 3.63) is 17.7 Å². The standard InChI is InChI=1S/C14H21N3O2/c1-10-12(16-9-15-10)7-14(18)17-5-6-19-8-13(17)11-3-2-4-11/h9,11,13H,2-8H2,1H3,(H,15,16). The first-order chi connectivity index (χ1) is 9.25. The lowest BCUT2D eigenvalue weighted by molar-refractivity contribution is -0.143. The third-order valence-corrected chi connectivity index (χ3v) is 4.43. The fourth-order valence-electron chi connectivity index (χ4n) is 2.96. The molecule has 1 saturated carbocycles. The number of ether oxygens (including phenoxy) is 1. The van der Waals surface area contributed by atoms with E-state index in [1.54, 1.807) is 6.33 Å². The number of carbonyl (C=O) groups excluding carboxylic acids is 1. The van der Waals surface area contributed by atoms with Gasteiger partial charge in [0.1, 0.15) is 0 Å². The van der Waals surface area contributed by atoms with Crippen LogP contribution in [0, 0.1) is 12.8 Å². The Morgan fingerprint density at radius 2 is 2.42 bits per heavy atom. The largest absolute Gasteiger partial charge is 0.377 e. The van der Waals surface area contributed by atoms with Crippen LogP contribution in [-0.2, 0) is 16.0 Å². The van der Waals surface area contributed by atoms with Gasteiger partial charge in [0.05, 0.1) is 37.7 Å². The third kappa shape index (κ3) is 2.52. The van der Waals surface area contributed by atoms with Gasteiger partial charge in [0.25, 0.3) is 0 Å². The first-order valence-corrected chi connectivity index (χ1v) is 7.12. The summed E-state index contributed by atoms with van der Waals surface area (Å²) in [7, 11) is 0. The molecular weight excluding hydrogens is 242 g/mol. The molecular formula is C14H21N3O2. The van der Waals surface area contributed by atoms with E-state index >= 15 is 0 Å². The van der Waals surface area contributed by atoms with Crippen molar-refractivity contribution in [1.29, 1.82) is 0 Å². The highest BCUT2D eigenvalue weighted by molar-refractivity contribution is 5.79. The Balaban J connectivity index is 1.68. The Morgan fingerprint density at radius 3 is 3.05 bits per heavy atom. The highest BCUT2D eigenvalue weighted by atomic mass is 16.5. The average Bonchev–Trinajstić information content (AvgIpc) is 2.73. The van der Waals surface area contributed by atoms with Crippen molar-refractivity contribution in [1.82, 2.24) is 14.9 Å². The molecule has 2 aliphatic rings. The first-order valence-electron chi connectivity index (χ1n) is 7.12. The molecule has 1 unspecified atom stereocenters. The summed E-state index contributed by atoms with van der Waals surface area (Å²) in [5.74, 6) is 0.833. The van der Waals surface area contributed by atoms with E-state index in [1.807, 2.05) is 11.8 Å². The van der Waals surface area contributed by atoms with Crippen molar-refractivity contribution in [3.63, 3.8) is 0 Å². The van der Waals surface area contributed by atoms with Crippen LogP contribution in [-0.4, -0.2) is 46.6 Å². The summed E-state index contributed by atoms with van der Waals surface area (Å²) in [5.41, 5.74) is 1.85. The zero-order valence-corrected chi connectivity index (χ0v) is 11.4. The van der Waals surface area contributed by atoms with Crippen molar-refractivity contribution in [3.8, 4) is 0 Å². The number of nitrogens with one attached hydrogen (secondary N) is 1. The second-order valence-electron chi connectivity index (χ2n) is 5.57. The van der Waals surface area contributed by atoms with Crippen LogP contribution < -0.4 is 0 Å². The van der Waals surface area contributed by atoms with Gasteiger partial charge in [-0.25, -0.2) is 4.98 Å². The third-order valence-electron chi connectivity index (χ3n) is 4.43. The van der Waals surface area contributed by atoms with E-state index < -0.39 is 0 Å². The molecule has 1 aromatic heterocycles. The smallest absolute Gasteiger partial charge is 0.229 e. The molecule has 19 heavy (non-hydrogen) atoms. The fraction of sp³-hybridized carbons (Fsp3) is 0.714. The molecule has 1 amide bonds. The molecule has 2 heterocycles. The van der Waals surface area contributed by atoms with Crippen molar-refractivity contribution < 1.29 is 9.53 Å². The van der Waals surface area contributed by atoms with Gasteiger partial charge >= 0.3 is 0 Å². The maximum absolute atomic E-state index is 12.5. The molecule has 1 saturated heterocycles. The number of aromatic nitrogens is 2. The summed E-state index contributed by atoms with van der Waals surface area (Å²) < 4.78 is 5.56. The van der Waals surface area contributed by atoms with Gasteiger partial charge in [0, 0.05) is 12.2 Å². The Kier molecular flexibility index (Phi) is 3.55. The van der Waals surface area contributed by atoms with E-state index in [-0.39, 0.29) is 11.9 Å². The summed E-state index contributed by atoms with van der Waals surface area (Å²) >= 11 is 0. The number of aryl methyl sites for hydroxylation is 1. The summed E-state index contributed by atoms with van der Waals surface area (Å²) in [6.45, 7) is 4.05. The minimum atomic E-state index is 0.190. The van der Waals surface area contributed by atoms with Crippen molar-refractivity contribution in [2.45, 2.75) is 38.6 Å². The van der Waals surface area contributed by atoms with Crippen LogP contribution in [0.2, 0.25) is 0 Å². The maximum Gasteiger partial charge on any atom is 0.229 e. The second-order valence-corrected chi connectivity index (χ2v) is 5.57. The molecule has 3 rings (SSSR count). The average molecular weight is 263 g/mol. The van der Waals surface area contributed by atoms with Gasteiger partial charge < -0.3 is 14.6 Å². The first kappa shape index (κ1) is 12.7. The second kappa shape index (κ2) is 5.33. The topological polar surface area (TPSA) is 58.2 Å². The maximum atomic E-state index is 12.5. The number of rotatable bonds is 3. The SMILES string of the molecule is Cc1[nH]cnc1CC(=O)N1CCOCC1C1CCC1. The molecule has 0 bridgehead atoms. The molecule has 5 nitrogen and oxygen atoms in total. The van der Waals surface area contributed by atoms with E-state index in [9.17, 15) is 4.79 Å². The molecule has 104 valence electrons. The van der Waals surface area contributed by atoms with Crippen LogP contribution in [0.4, 0.5) is 0 Å². The molecule has 0 radical (unpaired) electrons. The van der Waals surface area contributed by atoms with Gasteiger partial charge in [-0.1, -0.05) is 6.42 Å². The molecule has 1 atom stereocenters. The van der Waals surface area contributed by atoms with E-state index in [0.717, 1.165) is 17.9 Å². The number of imidazole rings is 1. The quantitative estimate of drug-likeness (QED) is 0.894. The van der Waals surface area contributed by atoms with Crippen LogP contribution in [0.1, 0.15) is 30.7 Å². The summed E-state index contributed by atoms with van der Waals surface area (Å²) in [5, 5.41) is 0.